The molecule has 1 fully saturated rings. The number of hydrogen-bond acceptors (Lipinski definition) is 2. The predicted octanol–water partition coefficient (Wildman–Crippen LogP) is 2.88. The minimum Gasteiger partial charge on any atom is -0.309 e. The molecule has 1 aliphatic rings. The van der Waals surface area contributed by atoms with Gasteiger partial charge in [-0.05, 0) is 32.6 Å². The first-order valence-electron chi connectivity index (χ1n) is 6.68. The summed E-state index contributed by atoms with van der Waals surface area (Å²) in [5.74, 6) is 0. The van der Waals surface area contributed by atoms with Gasteiger partial charge in [0.05, 0.1) is 0 Å². The maximum Gasteiger partial charge on any atom is 0.0272 e. The highest BCUT2D eigenvalue weighted by Gasteiger charge is 2.39. The third kappa shape index (κ3) is 3.21. The molecule has 1 saturated heterocycles. The van der Waals surface area contributed by atoms with Gasteiger partial charge in [-0.3, -0.25) is 4.90 Å². The van der Waals surface area contributed by atoms with Crippen molar-refractivity contribution in [2.24, 2.45) is 5.41 Å². The van der Waals surface area contributed by atoms with Gasteiger partial charge >= 0.3 is 0 Å². The van der Waals surface area contributed by atoms with E-state index in [2.05, 4.69) is 58.7 Å². The first kappa shape index (κ1) is 14.0. The van der Waals surface area contributed by atoms with Gasteiger partial charge in [-0.25, -0.2) is 0 Å². The Kier molecular flexibility index (Phi) is 4.07. The molecule has 1 N–H and O–H groups in total. The molecule has 0 aromatic rings. The lowest BCUT2D eigenvalue weighted by molar-refractivity contribution is 0.00496. The summed E-state index contributed by atoms with van der Waals surface area (Å²) in [5.41, 5.74) is 0.609. The van der Waals surface area contributed by atoms with Crippen LogP contribution < -0.4 is 5.32 Å². The van der Waals surface area contributed by atoms with E-state index in [4.69, 9.17) is 0 Å². The zero-order valence-corrected chi connectivity index (χ0v) is 12.2. The Morgan fingerprint density at radius 3 is 2.38 bits per heavy atom. The number of hydrogen-bond donors (Lipinski definition) is 1. The highest BCUT2D eigenvalue weighted by atomic mass is 15.3. The summed E-state index contributed by atoms with van der Waals surface area (Å²) in [6, 6.07) is 1.33. The van der Waals surface area contributed by atoms with Gasteiger partial charge in [-0.2, -0.15) is 0 Å². The third-order valence-electron chi connectivity index (χ3n) is 3.91. The van der Waals surface area contributed by atoms with Crippen LogP contribution in [0.3, 0.4) is 0 Å². The smallest absolute Gasteiger partial charge is 0.0272 e. The van der Waals surface area contributed by atoms with Crippen molar-refractivity contribution in [2.75, 3.05) is 13.1 Å². The van der Waals surface area contributed by atoms with Crippen molar-refractivity contribution in [3.63, 3.8) is 0 Å². The monoisotopic (exact) mass is 226 g/mol. The SMILES string of the molecule is CCC(C)N1CC(C)(C)NCC1C(C)(C)C. The average Bonchev–Trinajstić information content (AvgIpc) is 2.13. The zero-order chi connectivity index (χ0) is 12.6. The van der Waals surface area contributed by atoms with E-state index in [9.17, 15) is 0 Å². The third-order valence-corrected chi connectivity index (χ3v) is 3.91. The molecule has 96 valence electrons. The van der Waals surface area contributed by atoms with Crippen LogP contribution in [0.2, 0.25) is 0 Å². The average molecular weight is 226 g/mol. The Bertz CT molecular complexity index is 227. The van der Waals surface area contributed by atoms with Gasteiger partial charge in [0, 0.05) is 30.7 Å². The first-order valence-corrected chi connectivity index (χ1v) is 6.68. The Balaban J connectivity index is 2.84. The number of piperazine rings is 1. The van der Waals surface area contributed by atoms with Crippen molar-refractivity contribution in [1.29, 1.82) is 0 Å². The highest BCUT2D eigenvalue weighted by Crippen LogP contribution is 2.30. The summed E-state index contributed by atoms with van der Waals surface area (Å²) in [5, 5.41) is 3.68. The summed E-state index contributed by atoms with van der Waals surface area (Å²) in [7, 11) is 0. The van der Waals surface area contributed by atoms with E-state index in [1.54, 1.807) is 0 Å². The quantitative estimate of drug-likeness (QED) is 0.779. The normalized spacial score (nSPS) is 29.1. The van der Waals surface area contributed by atoms with Crippen LogP contribution >= 0.6 is 0 Å². The minimum absolute atomic E-state index is 0.255. The topological polar surface area (TPSA) is 15.3 Å². The zero-order valence-electron chi connectivity index (χ0n) is 12.2. The summed E-state index contributed by atoms with van der Waals surface area (Å²) >= 11 is 0. The summed E-state index contributed by atoms with van der Waals surface area (Å²) in [6.07, 6.45) is 1.24. The van der Waals surface area contributed by atoms with Crippen LogP contribution in [-0.4, -0.2) is 35.6 Å². The largest absolute Gasteiger partial charge is 0.309 e. The summed E-state index contributed by atoms with van der Waals surface area (Å²) < 4.78 is 0. The second-order valence-corrected chi connectivity index (χ2v) is 7.08. The van der Waals surface area contributed by atoms with E-state index in [-0.39, 0.29) is 5.54 Å². The highest BCUT2D eigenvalue weighted by molar-refractivity contribution is 4.98. The van der Waals surface area contributed by atoms with E-state index < -0.39 is 0 Å². The van der Waals surface area contributed by atoms with Crippen LogP contribution in [0.25, 0.3) is 0 Å². The van der Waals surface area contributed by atoms with E-state index in [1.165, 1.54) is 6.42 Å². The molecule has 0 radical (unpaired) electrons. The van der Waals surface area contributed by atoms with Crippen LogP contribution in [0.4, 0.5) is 0 Å². The van der Waals surface area contributed by atoms with E-state index in [0.717, 1.165) is 13.1 Å². The molecule has 1 heterocycles. The van der Waals surface area contributed by atoms with E-state index >= 15 is 0 Å². The molecular weight excluding hydrogens is 196 g/mol. The van der Waals surface area contributed by atoms with Crippen LogP contribution in [-0.2, 0) is 0 Å². The molecule has 1 aliphatic heterocycles. The number of nitrogens with zero attached hydrogens (tertiary/aromatic N) is 1. The molecule has 0 bridgehead atoms. The lowest BCUT2D eigenvalue weighted by Crippen LogP contribution is -2.66. The van der Waals surface area contributed by atoms with Gasteiger partial charge < -0.3 is 5.32 Å². The first-order chi connectivity index (χ1) is 7.17. The van der Waals surface area contributed by atoms with Crippen molar-refractivity contribution < 1.29 is 0 Å². The summed E-state index contributed by atoms with van der Waals surface area (Å²) in [4.78, 5) is 2.70. The van der Waals surface area contributed by atoms with Crippen molar-refractivity contribution in [3.05, 3.63) is 0 Å². The number of rotatable bonds is 2. The van der Waals surface area contributed by atoms with Gasteiger partial charge in [-0.15, -0.1) is 0 Å². The standard InChI is InChI=1S/C14H30N2/c1-8-11(2)16-10-14(6,7)15-9-12(16)13(3,4)5/h11-12,15H,8-10H2,1-7H3. The Hall–Kier alpha value is -0.0800. The van der Waals surface area contributed by atoms with Crippen molar-refractivity contribution >= 4 is 0 Å². The second kappa shape index (κ2) is 4.66. The number of nitrogens with one attached hydrogen (secondary N) is 1. The molecule has 2 nitrogen and oxygen atoms in total. The van der Waals surface area contributed by atoms with Crippen LogP contribution in [0.5, 0.6) is 0 Å². The van der Waals surface area contributed by atoms with Crippen molar-refractivity contribution in [2.45, 2.75) is 72.5 Å². The van der Waals surface area contributed by atoms with Gasteiger partial charge in [0.15, 0.2) is 0 Å². The van der Waals surface area contributed by atoms with Crippen LogP contribution in [0, 0.1) is 5.41 Å². The lowest BCUT2D eigenvalue weighted by Gasteiger charge is -2.51. The van der Waals surface area contributed by atoms with Gasteiger partial charge in [-0.1, -0.05) is 27.7 Å². The molecule has 0 aromatic carbocycles. The maximum absolute atomic E-state index is 3.68. The molecule has 1 rings (SSSR count). The Labute approximate surface area is 102 Å². The molecule has 2 atom stereocenters. The second-order valence-electron chi connectivity index (χ2n) is 7.08. The molecule has 0 amide bonds. The predicted molar refractivity (Wildman–Crippen MR) is 71.8 cm³/mol. The molecule has 0 spiro atoms. The molecular formula is C14H30N2. The van der Waals surface area contributed by atoms with Gasteiger partial charge in [0.25, 0.3) is 0 Å². The molecule has 0 saturated carbocycles. The fraction of sp³-hybridized carbons (Fsp3) is 1.00. The van der Waals surface area contributed by atoms with Crippen molar-refractivity contribution in [1.82, 2.24) is 10.2 Å². The van der Waals surface area contributed by atoms with Crippen molar-refractivity contribution in [3.8, 4) is 0 Å². The fourth-order valence-electron chi connectivity index (χ4n) is 2.61. The molecule has 2 unspecified atom stereocenters. The molecule has 16 heavy (non-hydrogen) atoms. The molecule has 0 aromatic heterocycles. The fourth-order valence-corrected chi connectivity index (χ4v) is 2.61. The lowest BCUT2D eigenvalue weighted by atomic mass is 9.81. The van der Waals surface area contributed by atoms with E-state index in [0.29, 0.717) is 17.5 Å². The molecule has 2 heteroatoms. The van der Waals surface area contributed by atoms with Crippen LogP contribution in [0.15, 0.2) is 0 Å². The van der Waals surface area contributed by atoms with Gasteiger partial charge in [0.2, 0.25) is 0 Å². The van der Waals surface area contributed by atoms with E-state index in [1.807, 2.05) is 0 Å². The summed E-state index contributed by atoms with van der Waals surface area (Å²) in [6.45, 7) is 18.6. The van der Waals surface area contributed by atoms with Crippen LogP contribution in [0.1, 0.15) is 54.9 Å². The minimum atomic E-state index is 0.255. The molecule has 0 aliphatic carbocycles. The van der Waals surface area contributed by atoms with Gasteiger partial charge in [0.1, 0.15) is 0 Å². The Morgan fingerprint density at radius 1 is 1.38 bits per heavy atom. The Morgan fingerprint density at radius 2 is 1.94 bits per heavy atom. The maximum atomic E-state index is 3.68.